The van der Waals surface area contributed by atoms with Crippen LogP contribution in [0.2, 0.25) is 0 Å². The van der Waals surface area contributed by atoms with Crippen LogP contribution in [0.15, 0.2) is 30.3 Å². The maximum Gasteiger partial charge on any atom is 0.265 e. The van der Waals surface area contributed by atoms with Gasteiger partial charge in [0.25, 0.3) is 5.79 Å². The number of hydrogen-bond acceptors (Lipinski definition) is 5. The number of ether oxygens (including phenoxy) is 1. The minimum Gasteiger partial charge on any atom is -0.508 e. The van der Waals surface area contributed by atoms with Gasteiger partial charge in [0, 0.05) is 10.8 Å². The second kappa shape index (κ2) is 4.67. The SMILES string of the molecule is CC(C)(C)C12OOC1(c1cc3cc(O)ccc3cc1O)OCC2(C)C. The molecule has 2 atom stereocenters. The van der Waals surface area contributed by atoms with Gasteiger partial charge in [0.15, 0.2) is 5.60 Å². The van der Waals surface area contributed by atoms with Gasteiger partial charge in [0.05, 0.1) is 12.2 Å². The van der Waals surface area contributed by atoms with Gasteiger partial charge in [0.1, 0.15) is 11.5 Å². The fraction of sp³-hybridized carbons (Fsp3) is 0.500. The van der Waals surface area contributed by atoms with Crippen LogP contribution in [0.5, 0.6) is 11.5 Å². The zero-order chi connectivity index (χ0) is 18.3. The van der Waals surface area contributed by atoms with Gasteiger partial charge < -0.3 is 14.9 Å². The van der Waals surface area contributed by atoms with E-state index >= 15 is 0 Å². The van der Waals surface area contributed by atoms with Crippen molar-refractivity contribution in [2.75, 3.05) is 6.61 Å². The zero-order valence-corrected chi connectivity index (χ0v) is 15.2. The van der Waals surface area contributed by atoms with Gasteiger partial charge in [-0.1, -0.05) is 40.7 Å². The summed E-state index contributed by atoms with van der Waals surface area (Å²) in [5.74, 6) is -0.923. The minimum atomic E-state index is -1.18. The predicted octanol–water partition coefficient (Wildman–Crippen LogP) is 4.21. The molecule has 0 spiro atoms. The number of aromatic hydroxyl groups is 2. The first kappa shape index (κ1) is 16.6. The molecule has 0 amide bonds. The van der Waals surface area contributed by atoms with Crippen molar-refractivity contribution in [1.82, 2.24) is 0 Å². The first-order chi connectivity index (χ1) is 11.5. The molecule has 2 N–H and O–H groups in total. The fourth-order valence-corrected chi connectivity index (χ4v) is 4.75. The molecule has 2 aliphatic heterocycles. The van der Waals surface area contributed by atoms with E-state index in [0.29, 0.717) is 12.2 Å². The Bertz CT molecular complexity index is 866. The molecule has 5 nitrogen and oxygen atoms in total. The van der Waals surface area contributed by atoms with E-state index in [2.05, 4.69) is 34.6 Å². The molecule has 25 heavy (non-hydrogen) atoms. The Balaban J connectivity index is 1.98. The van der Waals surface area contributed by atoms with E-state index in [1.165, 1.54) is 0 Å². The van der Waals surface area contributed by atoms with E-state index in [1.54, 1.807) is 24.3 Å². The lowest BCUT2D eigenvalue weighted by Gasteiger charge is -2.61. The largest absolute Gasteiger partial charge is 0.508 e. The summed E-state index contributed by atoms with van der Waals surface area (Å²) in [4.78, 5) is 11.4. The highest BCUT2D eigenvalue weighted by Gasteiger charge is 2.81. The van der Waals surface area contributed by atoms with Gasteiger partial charge in [-0.15, -0.1) is 0 Å². The molecule has 5 heteroatoms. The van der Waals surface area contributed by atoms with Crippen molar-refractivity contribution in [1.29, 1.82) is 0 Å². The van der Waals surface area contributed by atoms with Crippen LogP contribution < -0.4 is 0 Å². The molecule has 2 aromatic carbocycles. The third-order valence-electron chi connectivity index (χ3n) is 5.69. The Hall–Kier alpha value is -1.82. The van der Waals surface area contributed by atoms with Crippen molar-refractivity contribution in [3.8, 4) is 11.5 Å². The molecule has 0 aliphatic carbocycles. The average molecular weight is 344 g/mol. The van der Waals surface area contributed by atoms with E-state index in [4.69, 9.17) is 14.5 Å². The second-order valence-electron chi connectivity index (χ2n) is 8.79. The number of hydrogen-bond donors (Lipinski definition) is 2. The number of phenolic OH excluding ortho intramolecular Hbond substituents is 2. The Kier molecular flexibility index (Phi) is 3.11. The predicted molar refractivity (Wildman–Crippen MR) is 93.0 cm³/mol. The van der Waals surface area contributed by atoms with Crippen LogP contribution >= 0.6 is 0 Å². The topological polar surface area (TPSA) is 68.2 Å². The van der Waals surface area contributed by atoms with E-state index in [-0.39, 0.29) is 22.3 Å². The molecule has 0 bridgehead atoms. The van der Waals surface area contributed by atoms with Gasteiger partial charge in [-0.05, 0) is 35.0 Å². The number of phenols is 2. The fourth-order valence-electron chi connectivity index (χ4n) is 4.75. The smallest absolute Gasteiger partial charge is 0.265 e. The van der Waals surface area contributed by atoms with E-state index in [9.17, 15) is 10.2 Å². The lowest BCUT2D eigenvalue weighted by Crippen LogP contribution is -2.73. The lowest BCUT2D eigenvalue weighted by molar-refractivity contribution is -0.626. The highest BCUT2D eigenvalue weighted by Crippen LogP contribution is 2.70. The summed E-state index contributed by atoms with van der Waals surface area (Å²) in [6.45, 7) is 10.9. The highest BCUT2D eigenvalue weighted by molar-refractivity contribution is 5.86. The average Bonchev–Trinajstić information content (AvgIpc) is 2.61. The van der Waals surface area contributed by atoms with E-state index < -0.39 is 11.4 Å². The monoisotopic (exact) mass is 344 g/mol. The van der Waals surface area contributed by atoms with Gasteiger partial charge in [-0.25, -0.2) is 4.89 Å². The maximum atomic E-state index is 10.7. The Morgan fingerprint density at radius 2 is 1.68 bits per heavy atom. The van der Waals surface area contributed by atoms with Crippen molar-refractivity contribution >= 4 is 10.8 Å². The van der Waals surface area contributed by atoms with Crippen LogP contribution in [0, 0.1) is 10.8 Å². The molecule has 0 radical (unpaired) electrons. The second-order valence-corrected chi connectivity index (χ2v) is 8.79. The minimum absolute atomic E-state index is 0.0906. The molecule has 2 saturated heterocycles. The summed E-state index contributed by atoms with van der Waals surface area (Å²) in [6, 6.07) is 8.50. The molecule has 0 saturated carbocycles. The summed E-state index contributed by atoms with van der Waals surface area (Å²) < 4.78 is 6.16. The van der Waals surface area contributed by atoms with Crippen molar-refractivity contribution in [2.45, 2.75) is 46.0 Å². The summed E-state index contributed by atoms with van der Waals surface area (Å²) in [5.41, 5.74) is -0.846. The quantitative estimate of drug-likeness (QED) is 0.759. The molecule has 4 rings (SSSR count). The highest BCUT2D eigenvalue weighted by atomic mass is 17.3. The lowest BCUT2D eigenvalue weighted by atomic mass is 9.57. The van der Waals surface area contributed by atoms with E-state index in [1.807, 2.05) is 6.07 Å². The summed E-state index contributed by atoms with van der Waals surface area (Å²) in [6.07, 6.45) is 0. The first-order valence-electron chi connectivity index (χ1n) is 8.51. The molecule has 2 fully saturated rings. The zero-order valence-electron chi connectivity index (χ0n) is 15.2. The Morgan fingerprint density at radius 3 is 2.28 bits per heavy atom. The molecule has 2 unspecified atom stereocenters. The van der Waals surface area contributed by atoms with Crippen LogP contribution in [-0.2, 0) is 20.3 Å². The summed E-state index contributed by atoms with van der Waals surface area (Å²) in [7, 11) is 0. The van der Waals surface area contributed by atoms with Crippen LogP contribution in [0.1, 0.15) is 40.2 Å². The number of fused-ring (bicyclic) bond motifs is 2. The van der Waals surface area contributed by atoms with Gasteiger partial charge in [-0.3, -0.25) is 0 Å². The van der Waals surface area contributed by atoms with Gasteiger partial charge in [-0.2, -0.15) is 4.89 Å². The molecule has 2 aromatic rings. The third-order valence-corrected chi connectivity index (χ3v) is 5.69. The van der Waals surface area contributed by atoms with Crippen LogP contribution in [0.3, 0.4) is 0 Å². The van der Waals surface area contributed by atoms with Crippen LogP contribution in [0.4, 0.5) is 0 Å². The molecular weight excluding hydrogens is 320 g/mol. The van der Waals surface area contributed by atoms with Crippen molar-refractivity contribution in [2.24, 2.45) is 10.8 Å². The van der Waals surface area contributed by atoms with Crippen molar-refractivity contribution < 1.29 is 24.7 Å². The summed E-state index contributed by atoms with van der Waals surface area (Å²) >= 11 is 0. The first-order valence-corrected chi connectivity index (χ1v) is 8.51. The number of rotatable bonds is 1. The Morgan fingerprint density at radius 1 is 0.960 bits per heavy atom. The molecule has 2 aliphatic rings. The summed E-state index contributed by atoms with van der Waals surface area (Å²) in [5, 5.41) is 22.2. The standard InChI is InChI=1S/C20H24O5/c1-17(2,3)20-18(4,5)11-23-19(20,24-25-20)15-9-13-8-14(21)7-6-12(13)10-16(15)22/h6-10,21-22H,11H2,1-5H3. The van der Waals surface area contributed by atoms with Crippen LogP contribution in [-0.4, -0.2) is 22.4 Å². The van der Waals surface area contributed by atoms with Crippen molar-refractivity contribution in [3.05, 3.63) is 35.9 Å². The molecule has 0 aromatic heterocycles. The van der Waals surface area contributed by atoms with Crippen molar-refractivity contribution in [3.63, 3.8) is 0 Å². The molecule has 134 valence electrons. The van der Waals surface area contributed by atoms with Gasteiger partial charge in [0.2, 0.25) is 0 Å². The third kappa shape index (κ3) is 1.83. The van der Waals surface area contributed by atoms with Gasteiger partial charge >= 0.3 is 0 Å². The number of benzene rings is 2. The maximum absolute atomic E-state index is 10.7. The van der Waals surface area contributed by atoms with Crippen LogP contribution in [0.25, 0.3) is 10.8 Å². The van der Waals surface area contributed by atoms with E-state index in [0.717, 1.165) is 10.8 Å². The Labute approximate surface area is 147 Å². The normalized spacial score (nSPS) is 30.9. The molecular formula is C20H24O5. The molecule has 2 heterocycles.